The monoisotopic (exact) mass is 359 g/mol. The summed E-state index contributed by atoms with van der Waals surface area (Å²) in [5.74, 6) is 0.304. The summed E-state index contributed by atoms with van der Waals surface area (Å²) in [4.78, 5) is 5.62. The van der Waals surface area contributed by atoms with Gasteiger partial charge in [-0.05, 0) is 24.3 Å². The molecule has 1 heterocycles. The van der Waals surface area contributed by atoms with Gasteiger partial charge in [-0.2, -0.15) is 0 Å². The van der Waals surface area contributed by atoms with E-state index in [1.807, 2.05) is 60.7 Å². The zero-order valence-corrected chi connectivity index (χ0v) is 14.5. The Labute approximate surface area is 155 Å². The first-order chi connectivity index (χ1) is 12.8. The second-order valence-corrected chi connectivity index (χ2v) is 6.64. The minimum atomic E-state index is -0.261. The van der Waals surface area contributed by atoms with Crippen LogP contribution in [0.2, 0.25) is 0 Å². The molecule has 3 aromatic carbocycles. The fourth-order valence-electron chi connectivity index (χ4n) is 2.48. The average molecular weight is 359 g/mol. The third-order valence-electron chi connectivity index (χ3n) is 3.76. The van der Waals surface area contributed by atoms with Crippen LogP contribution in [0.15, 0.2) is 94.9 Å². The van der Waals surface area contributed by atoms with Gasteiger partial charge in [0.05, 0.1) is 0 Å². The fourth-order valence-corrected chi connectivity index (χ4v) is 3.37. The zero-order chi connectivity index (χ0) is 17.8. The van der Waals surface area contributed by atoms with Crippen molar-refractivity contribution in [1.29, 1.82) is 0 Å². The highest BCUT2D eigenvalue weighted by atomic mass is 32.2. The number of aromatic nitrogens is 3. The molecule has 0 saturated heterocycles. The maximum Gasteiger partial charge on any atom is 0.182 e. The molecule has 0 N–H and O–H groups in total. The molecule has 0 amide bonds. The smallest absolute Gasteiger partial charge is 0.182 e. The summed E-state index contributed by atoms with van der Waals surface area (Å²) in [6.07, 6.45) is 0. The molecule has 0 unspecified atom stereocenters. The van der Waals surface area contributed by atoms with Gasteiger partial charge in [-0.15, -0.1) is 10.2 Å². The minimum absolute atomic E-state index is 0.261. The maximum absolute atomic E-state index is 13.2. The lowest BCUT2D eigenvalue weighted by Crippen LogP contribution is -1.99. The van der Waals surface area contributed by atoms with Gasteiger partial charge in [0.2, 0.25) is 0 Å². The third-order valence-corrected chi connectivity index (χ3v) is 4.75. The number of benzene rings is 3. The maximum atomic E-state index is 13.2. The molecule has 0 saturated carbocycles. The fraction of sp³-hybridized carbons (Fsp3) is 0. The summed E-state index contributed by atoms with van der Waals surface area (Å²) < 4.78 is 13.2. The van der Waals surface area contributed by atoms with Crippen LogP contribution in [0.3, 0.4) is 0 Å². The van der Waals surface area contributed by atoms with E-state index in [1.54, 1.807) is 12.1 Å². The van der Waals surface area contributed by atoms with Crippen LogP contribution in [-0.4, -0.2) is 15.2 Å². The summed E-state index contributed by atoms with van der Waals surface area (Å²) in [6.45, 7) is 0. The van der Waals surface area contributed by atoms with Crippen molar-refractivity contribution < 1.29 is 4.39 Å². The van der Waals surface area contributed by atoms with E-state index >= 15 is 0 Å². The average Bonchev–Trinajstić information content (AvgIpc) is 2.71. The van der Waals surface area contributed by atoms with Crippen LogP contribution >= 0.6 is 11.8 Å². The van der Waals surface area contributed by atoms with Gasteiger partial charge in [-0.1, -0.05) is 72.4 Å². The summed E-state index contributed by atoms with van der Waals surface area (Å²) in [7, 11) is 0. The van der Waals surface area contributed by atoms with Crippen LogP contribution in [0.1, 0.15) is 0 Å². The largest absolute Gasteiger partial charge is 0.217 e. The zero-order valence-electron chi connectivity index (χ0n) is 13.7. The molecule has 0 aliphatic heterocycles. The number of hydrogen-bond donors (Lipinski definition) is 0. The number of halogens is 1. The predicted molar refractivity (Wildman–Crippen MR) is 101 cm³/mol. The van der Waals surface area contributed by atoms with E-state index in [9.17, 15) is 4.39 Å². The van der Waals surface area contributed by atoms with E-state index in [-0.39, 0.29) is 5.82 Å². The normalized spacial score (nSPS) is 10.7. The second kappa shape index (κ2) is 7.45. The molecule has 4 aromatic rings. The van der Waals surface area contributed by atoms with Crippen LogP contribution in [0.5, 0.6) is 0 Å². The van der Waals surface area contributed by atoms with E-state index in [4.69, 9.17) is 4.98 Å². The van der Waals surface area contributed by atoms with Crippen molar-refractivity contribution in [2.45, 2.75) is 9.92 Å². The van der Waals surface area contributed by atoms with E-state index in [0.717, 1.165) is 21.0 Å². The van der Waals surface area contributed by atoms with E-state index in [1.165, 1.54) is 23.9 Å². The molecule has 0 bridgehead atoms. The Morgan fingerprint density at radius 3 is 1.92 bits per heavy atom. The Morgan fingerprint density at radius 2 is 1.27 bits per heavy atom. The molecule has 0 aliphatic carbocycles. The van der Waals surface area contributed by atoms with E-state index < -0.39 is 0 Å². The quantitative estimate of drug-likeness (QED) is 0.482. The lowest BCUT2D eigenvalue weighted by molar-refractivity contribution is 0.626. The summed E-state index contributed by atoms with van der Waals surface area (Å²) in [5.41, 5.74) is 2.55. The lowest BCUT2D eigenvalue weighted by atomic mass is 10.2. The number of hydrogen-bond acceptors (Lipinski definition) is 4. The number of rotatable bonds is 4. The van der Waals surface area contributed by atoms with Crippen molar-refractivity contribution in [3.05, 3.63) is 90.7 Å². The Kier molecular flexibility index (Phi) is 4.71. The molecular formula is C21H14FN3S. The molecule has 4 rings (SSSR count). The first-order valence-electron chi connectivity index (χ1n) is 8.08. The third kappa shape index (κ3) is 3.63. The van der Waals surface area contributed by atoms with Crippen molar-refractivity contribution in [2.24, 2.45) is 0 Å². The highest BCUT2D eigenvalue weighted by molar-refractivity contribution is 7.99. The summed E-state index contributed by atoms with van der Waals surface area (Å²) in [5, 5.41) is 9.47. The van der Waals surface area contributed by atoms with Gasteiger partial charge in [-0.25, -0.2) is 9.37 Å². The van der Waals surface area contributed by atoms with Gasteiger partial charge in [0.25, 0.3) is 0 Å². The predicted octanol–water partition coefficient (Wildman–Crippen LogP) is 5.50. The van der Waals surface area contributed by atoms with Gasteiger partial charge in [0, 0.05) is 16.0 Å². The van der Waals surface area contributed by atoms with Gasteiger partial charge in [0.1, 0.15) is 16.5 Å². The molecule has 126 valence electrons. The van der Waals surface area contributed by atoms with Gasteiger partial charge < -0.3 is 0 Å². The van der Waals surface area contributed by atoms with Crippen LogP contribution in [0.25, 0.3) is 22.6 Å². The molecule has 0 aliphatic rings. The molecule has 0 atom stereocenters. The first kappa shape index (κ1) is 16.4. The lowest BCUT2D eigenvalue weighted by Gasteiger charge is -2.09. The molecular weight excluding hydrogens is 345 g/mol. The van der Waals surface area contributed by atoms with Crippen molar-refractivity contribution in [3.8, 4) is 22.6 Å². The topological polar surface area (TPSA) is 38.7 Å². The molecule has 5 heteroatoms. The van der Waals surface area contributed by atoms with E-state index in [0.29, 0.717) is 11.5 Å². The molecule has 1 aromatic heterocycles. The highest BCUT2D eigenvalue weighted by Crippen LogP contribution is 2.34. The van der Waals surface area contributed by atoms with Gasteiger partial charge >= 0.3 is 0 Å². The van der Waals surface area contributed by atoms with Crippen molar-refractivity contribution in [3.63, 3.8) is 0 Å². The van der Waals surface area contributed by atoms with Crippen molar-refractivity contribution in [1.82, 2.24) is 15.2 Å². The van der Waals surface area contributed by atoms with Gasteiger partial charge in [-0.3, -0.25) is 0 Å². The Hall–Kier alpha value is -3.05. The van der Waals surface area contributed by atoms with Crippen LogP contribution in [0, 0.1) is 5.82 Å². The summed E-state index contributed by atoms with van der Waals surface area (Å²) in [6, 6.07) is 25.9. The summed E-state index contributed by atoms with van der Waals surface area (Å²) >= 11 is 1.45. The van der Waals surface area contributed by atoms with Crippen LogP contribution in [-0.2, 0) is 0 Å². The Balaban J connectivity index is 1.80. The number of nitrogens with zero attached hydrogens (tertiary/aromatic N) is 3. The molecule has 26 heavy (non-hydrogen) atoms. The second-order valence-electron chi connectivity index (χ2n) is 5.58. The Morgan fingerprint density at radius 1 is 0.654 bits per heavy atom. The first-order valence-corrected chi connectivity index (χ1v) is 8.90. The highest BCUT2D eigenvalue weighted by Gasteiger charge is 2.14. The molecule has 0 radical (unpaired) electrons. The molecule has 0 spiro atoms. The van der Waals surface area contributed by atoms with Crippen LogP contribution in [0.4, 0.5) is 4.39 Å². The van der Waals surface area contributed by atoms with Crippen LogP contribution < -0.4 is 0 Å². The van der Waals surface area contributed by atoms with Gasteiger partial charge in [0.15, 0.2) is 5.82 Å². The molecule has 3 nitrogen and oxygen atoms in total. The SMILES string of the molecule is Fc1ccc(Sc2nc(-c3ccccc3)nnc2-c2ccccc2)cc1. The van der Waals surface area contributed by atoms with Crippen molar-refractivity contribution in [2.75, 3.05) is 0 Å². The van der Waals surface area contributed by atoms with E-state index in [2.05, 4.69) is 10.2 Å². The molecule has 0 fully saturated rings. The Bertz CT molecular complexity index is 1010. The van der Waals surface area contributed by atoms with Crippen molar-refractivity contribution >= 4 is 11.8 Å². The minimum Gasteiger partial charge on any atom is -0.217 e. The standard InChI is InChI=1S/C21H14FN3S/c22-17-11-13-18(14-12-17)26-21-19(15-7-3-1-4-8-15)24-25-20(23-21)16-9-5-2-6-10-16/h1-14H.